The van der Waals surface area contributed by atoms with Crippen LogP contribution >= 0.6 is 11.8 Å². The number of amidine groups is 1. The molecule has 0 unspecified atom stereocenters. The van der Waals surface area contributed by atoms with Gasteiger partial charge in [0.1, 0.15) is 6.10 Å². The van der Waals surface area contributed by atoms with Crippen molar-refractivity contribution in [3.8, 4) is 0 Å². The lowest BCUT2D eigenvalue weighted by molar-refractivity contribution is -0.232. The van der Waals surface area contributed by atoms with Crippen LogP contribution in [0.3, 0.4) is 0 Å². The highest BCUT2D eigenvalue weighted by Crippen LogP contribution is 2.30. The van der Waals surface area contributed by atoms with E-state index in [9.17, 15) is 19.5 Å². The van der Waals surface area contributed by atoms with E-state index in [0.717, 1.165) is 5.75 Å². The van der Waals surface area contributed by atoms with Gasteiger partial charge in [-0.1, -0.05) is 66.4 Å². The summed E-state index contributed by atoms with van der Waals surface area (Å²) in [7, 11) is 0. The number of nitrogens with zero attached hydrogens (tertiary/aromatic N) is 1. The number of aliphatic imine (C=N–C) groups is 1. The molecule has 212 valence electrons. The van der Waals surface area contributed by atoms with Gasteiger partial charge in [0.25, 0.3) is 0 Å². The summed E-state index contributed by atoms with van der Waals surface area (Å²) in [4.78, 5) is 44.1. The third-order valence-corrected chi connectivity index (χ3v) is 7.33. The van der Waals surface area contributed by atoms with Gasteiger partial charge in [-0.05, 0) is 36.4 Å². The number of rotatable bonds is 8. The Bertz CT molecular complexity index is 1370. The molecule has 0 bridgehead atoms. The predicted octanol–water partition coefficient (Wildman–Crippen LogP) is 3.07. The summed E-state index contributed by atoms with van der Waals surface area (Å²) in [6, 6.07) is 24.8. The summed E-state index contributed by atoms with van der Waals surface area (Å²) >= 11 is 1.45. The number of hydrogen-bond acceptors (Lipinski definition) is 11. The second-order valence-electron chi connectivity index (χ2n) is 9.17. The van der Waals surface area contributed by atoms with Crippen LogP contribution in [-0.2, 0) is 18.9 Å². The molecular weight excluding hydrogens is 548 g/mol. The Morgan fingerprint density at radius 3 is 1.66 bits per heavy atom. The number of carbonyl (C=O) groups excluding carboxylic acids is 3. The topological polar surface area (TPSA) is 133 Å². The second kappa shape index (κ2) is 13.4. The van der Waals surface area contributed by atoms with Crippen molar-refractivity contribution in [2.75, 3.05) is 18.9 Å². The van der Waals surface area contributed by atoms with E-state index in [4.69, 9.17) is 18.9 Å². The number of aliphatic hydroxyl groups is 1. The summed E-state index contributed by atoms with van der Waals surface area (Å²) in [5.74, 6) is -1.42. The van der Waals surface area contributed by atoms with Crippen LogP contribution in [0.2, 0.25) is 0 Å². The van der Waals surface area contributed by atoms with Crippen molar-refractivity contribution in [1.82, 2.24) is 5.32 Å². The average molecular weight is 577 g/mol. The van der Waals surface area contributed by atoms with Crippen LogP contribution in [-0.4, -0.2) is 77.7 Å². The molecule has 5 rings (SSSR count). The third kappa shape index (κ3) is 6.94. The van der Waals surface area contributed by atoms with Gasteiger partial charge in [0, 0.05) is 5.75 Å². The lowest BCUT2D eigenvalue weighted by Crippen LogP contribution is -2.66. The maximum absolute atomic E-state index is 13.3. The molecule has 11 heteroatoms. The molecule has 2 N–H and O–H groups in total. The maximum Gasteiger partial charge on any atom is 0.338 e. The van der Waals surface area contributed by atoms with Crippen molar-refractivity contribution in [3.63, 3.8) is 0 Å². The van der Waals surface area contributed by atoms with Gasteiger partial charge in [0.15, 0.2) is 29.7 Å². The Labute approximate surface area is 240 Å². The van der Waals surface area contributed by atoms with Gasteiger partial charge in [-0.25, -0.2) is 14.4 Å². The second-order valence-corrected chi connectivity index (χ2v) is 10.2. The highest BCUT2D eigenvalue weighted by molar-refractivity contribution is 8.14. The Hall–Kier alpha value is -4.19. The number of nitrogens with one attached hydrogen (secondary N) is 1. The molecule has 0 aromatic heterocycles. The van der Waals surface area contributed by atoms with Crippen LogP contribution in [0.1, 0.15) is 31.1 Å². The van der Waals surface area contributed by atoms with Crippen LogP contribution in [0.15, 0.2) is 96.0 Å². The van der Waals surface area contributed by atoms with Crippen molar-refractivity contribution in [1.29, 1.82) is 0 Å². The lowest BCUT2D eigenvalue weighted by atomic mass is 9.97. The van der Waals surface area contributed by atoms with Gasteiger partial charge in [0.2, 0.25) is 0 Å². The molecule has 2 aliphatic heterocycles. The average Bonchev–Trinajstić information content (AvgIpc) is 3.54. The SMILES string of the molecule is O=C(O[C@@H]1[C@@H](OC(=O)c2ccccc2)[C@H](NC2=NCCS2)O[C@H](CO)[C@H]1OC(=O)c1ccccc1)c1ccccc1. The molecule has 1 fully saturated rings. The predicted molar refractivity (Wildman–Crippen MR) is 151 cm³/mol. The van der Waals surface area contributed by atoms with Crippen molar-refractivity contribution in [2.24, 2.45) is 4.99 Å². The van der Waals surface area contributed by atoms with Crippen molar-refractivity contribution in [3.05, 3.63) is 108 Å². The van der Waals surface area contributed by atoms with Crippen molar-refractivity contribution in [2.45, 2.75) is 30.6 Å². The van der Waals surface area contributed by atoms with Crippen LogP contribution in [0, 0.1) is 0 Å². The molecule has 2 aliphatic rings. The normalized spacial score (nSPS) is 23.6. The Kier molecular flexibility index (Phi) is 9.29. The zero-order valence-corrected chi connectivity index (χ0v) is 22.6. The number of ether oxygens (including phenoxy) is 4. The first kappa shape index (κ1) is 28.3. The van der Waals surface area contributed by atoms with Gasteiger partial charge < -0.3 is 29.4 Å². The minimum Gasteiger partial charge on any atom is -0.452 e. The fraction of sp³-hybridized carbons (Fsp3) is 0.267. The minimum absolute atomic E-state index is 0.237. The molecular formula is C30H28N2O8S. The third-order valence-electron chi connectivity index (χ3n) is 6.42. The molecule has 1 saturated heterocycles. The molecule has 0 spiro atoms. The molecule has 5 atom stereocenters. The zero-order valence-electron chi connectivity index (χ0n) is 21.8. The number of benzene rings is 3. The number of hydrogen-bond donors (Lipinski definition) is 2. The fourth-order valence-electron chi connectivity index (χ4n) is 4.42. The summed E-state index contributed by atoms with van der Waals surface area (Å²) in [5, 5.41) is 14.0. The molecule has 2 heterocycles. The largest absolute Gasteiger partial charge is 0.452 e. The molecule has 3 aromatic carbocycles. The van der Waals surface area contributed by atoms with Crippen LogP contribution < -0.4 is 5.32 Å². The number of esters is 3. The first-order chi connectivity index (χ1) is 20.0. The van der Waals surface area contributed by atoms with Gasteiger partial charge >= 0.3 is 17.9 Å². The van der Waals surface area contributed by atoms with Gasteiger partial charge in [0.05, 0.1) is 29.8 Å². The summed E-state index contributed by atoms with van der Waals surface area (Å²) in [6.45, 7) is 0.00459. The van der Waals surface area contributed by atoms with Crippen LogP contribution in [0.25, 0.3) is 0 Å². The van der Waals surface area contributed by atoms with Crippen molar-refractivity contribution >= 4 is 34.8 Å². The summed E-state index contributed by atoms with van der Waals surface area (Å²) in [5.41, 5.74) is 0.738. The van der Waals surface area contributed by atoms with Gasteiger partial charge in [-0.2, -0.15) is 0 Å². The van der Waals surface area contributed by atoms with E-state index in [1.807, 2.05) is 0 Å². The van der Waals surface area contributed by atoms with E-state index in [1.54, 1.807) is 91.0 Å². The highest BCUT2D eigenvalue weighted by Gasteiger charge is 2.53. The summed E-state index contributed by atoms with van der Waals surface area (Å²) in [6.07, 6.45) is -6.21. The van der Waals surface area contributed by atoms with E-state index in [-0.39, 0.29) is 16.7 Å². The van der Waals surface area contributed by atoms with E-state index in [1.165, 1.54) is 11.8 Å². The lowest BCUT2D eigenvalue weighted by Gasteiger charge is -2.44. The van der Waals surface area contributed by atoms with Gasteiger partial charge in [-0.3, -0.25) is 4.99 Å². The standard InChI is InChI=1S/C30H28N2O8S/c33-18-22-23(38-27(34)19-10-4-1-5-11-19)24(39-28(35)20-12-6-2-7-13-20)25(26(37-22)32-30-31-16-17-41-30)40-29(36)21-14-8-3-9-15-21/h1-15,22-26,33H,16-18H2,(H,31,32)/t22-,23-,24+,25-,26-/m1/s1. The molecule has 0 saturated carbocycles. The Morgan fingerprint density at radius 1 is 0.756 bits per heavy atom. The number of aliphatic hydroxyl groups excluding tert-OH is 1. The minimum atomic E-state index is -1.36. The highest BCUT2D eigenvalue weighted by atomic mass is 32.2. The zero-order chi connectivity index (χ0) is 28.6. The first-order valence-corrected chi connectivity index (χ1v) is 14.0. The molecule has 0 aliphatic carbocycles. The molecule has 3 aromatic rings. The molecule has 10 nitrogen and oxygen atoms in total. The molecule has 41 heavy (non-hydrogen) atoms. The Balaban J connectivity index is 1.52. The monoisotopic (exact) mass is 576 g/mol. The molecule has 0 amide bonds. The number of thioether (sulfide) groups is 1. The summed E-state index contributed by atoms with van der Waals surface area (Å²) < 4.78 is 23.8. The van der Waals surface area contributed by atoms with Crippen LogP contribution in [0.5, 0.6) is 0 Å². The van der Waals surface area contributed by atoms with Gasteiger partial charge in [-0.15, -0.1) is 0 Å². The number of carbonyl (C=O) groups is 3. The fourth-order valence-corrected chi connectivity index (χ4v) is 5.18. The van der Waals surface area contributed by atoms with E-state index < -0.39 is 55.2 Å². The smallest absolute Gasteiger partial charge is 0.338 e. The van der Waals surface area contributed by atoms with E-state index in [0.29, 0.717) is 11.7 Å². The molecule has 0 radical (unpaired) electrons. The Morgan fingerprint density at radius 2 is 1.22 bits per heavy atom. The van der Waals surface area contributed by atoms with E-state index >= 15 is 0 Å². The maximum atomic E-state index is 13.3. The first-order valence-electron chi connectivity index (χ1n) is 13.0. The van der Waals surface area contributed by atoms with Crippen molar-refractivity contribution < 1.29 is 38.4 Å². The quantitative estimate of drug-likeness (QED) is 0.305. The van der Waals surface area contributed by atoms with E-state index in [2.05, 4.69) is 10.3 Å². The van der Waals surface area contributed by atoms with Crippen LogP contribution in [0.4, 0.5) is 0 Å².